The van der Waals surface area contributed by atoms with E-state index in [0.29, 0.717) is 41.0 Å². The Balaban J connectivity index is 1.79. The Morgan fingerprint density at radius 3 is 2.41 bits per heavy atom. The van der Waals surface area contributed by atoms with Crippen LogP contribution in [-0.4, -0.2) is 27.5 Å². The van der Waals surface area contributed by atoms with Gasteiger partial charge in [-0.05, 0) is 17.9 Å². The predicted molar refractivity (Wildman–Crippen MR) is 108 cm³/mol. The van der Waals surface area contributed by atoms with E-state index in [1.54, 1.807) is 12.1 Å². The average Bonchev–Trinajstić information content (AvgIpc) is 2.92. The van der Waals surface area contributed by atoms with Crippen molar-refractivity contribution < 1.29 is 19.8 Å². The zero-order chi connectivity index (χ0) is 20.5. The molecule has 2 aliphatic carbocycles. The molecule has 3 aliphatic rings. The first-order valence-corrected chi connectivity index (χ1v) is 9.77. The molecule has 5 nitrogen and oxygen atoms in total. The van der Waals surface area contributed by atoms with Crippen molar-refractivity contribution >= 4 is 17.3 Å². The number of phenolic OH excluding ortho intramolecular Hbond substituents is 2. The lowest BCUT2D eigenvalue weighted by Gasteiger charge is -2.38. The molecule has 1 aliphatic heterocycles. The zero-order valence-corrected chi connectivity index (χ0v) is 16.3. The minimum Gasteiger partial charge on any atom is -0.508 e. The predicted octanol–water partition coefficient (Wildman–Crippen LogP) is 4.14. The number of benzene rings is 2. The van der Waals surface area contributed by atoms with E-state index in [4.69, 9.17) is 4.99 Å². The summed E-state index contributed by atoms with van der Waals surface area (Å²) >= 11 is 0. The average molecular weight is 387 g/mol. The normalized spacial score (nSPS) is 24.7. The van der Waals surface area contributed by atoms with Gasteiger partial charge in [0.1, 0.15) is 11.5 Å². The summed E-state index contributed by atoms with van der Waals surface area (Å²) in [6.45, 7) is 4.09. The van der Waals surface area contributed by atoms with Crippen LogP contribution in [0.15, 0.2) is 58.7 Å². The van der Waals surface area contributed by atoms with E-state index in [0.717, 1.165) is 5.56 Å². The number of hydrogen-bond acceptors (Lipinski definition) is 5. The van der Waals surface area contributed by atoms with Gasteiger partial charge in [-0.3, -0.25) is 14.6 Å². The molecular formula is C24H21NO4. The van der Waals surface area contributed by atoms with E-state index in [2.05, 4.69) is 0 Å². The van der Waals surface area contributed by atoms with Crippen LogP contribution in [-0.2, 0) is 4.79 Å². The maximum Gasteiger partial charge on any atom is 0.173 e. The summed E-state index contributed by atoms with van der Waals surface area (Å²) in [6.07, 6.45) is 1.01. The van der Waals surface area contributed by atoms with E-state index < -0.39 is 11.8 Å². The molecule has 2 atom stereocenters. The topological polar surface area (TPSA) is 87.0 Å². The lowest BCUT2D eigenvalue weighted by molar-refractivity contribution is -0.118. The molecule has 146 valence electrons. The number of carbonyl (C=O) groups excluding carboxylic acids is 2. The minimum absolute atomic E-state index is 0.0275. The van der Waals surface area contributed by atoms with Gasteiger partial charge in [0.2, 0.25) is 0 Å². The summed E-state index contributed by atoms with van der Waals surface area (Å²) < 4.78 is 0. The summed E-state index contributed by atoms with van der Waals surface area (Å²) in [4.78, 5) is 31.4. The quantitative estimate of drug-likeness (QED) is 0.770. The van der Waals surface area contributed by atoms with Crippen LogP contribution < -0.4 is 0 Å². The molecule has 2 N–H and O–H groups in total. The Hall–Kier alpha value is -3.21. The Morgan fingerprint density at radius 1 is 0.966 bits per heavy atom. The van der Waals surface area contributed by atoms with Crippen LogP contribution in [0.25, 0.3) is 0 Å². The molecule has 0 unspecified atom stereocenters. The SMILES string of the molecule is CC1(C)CC(=O)C2=C(C1)N=C1c3ccccc3C(=O)[C@@H]1[C@@H]2c1ccc(O)cc1O. The highest BCUT2D eigenvalue weighted by Crippen LogP contribution is 2.52. The van der Waals surface area contributed by atoms with Gasteiger partial charge in [-0.2, -0.15) is 0 Å². The van der Waals surface area contributed by atoms with Crippen molar-refractivity contribution in [2.24, 2.45) is 16.3 Å². The van der Waals surface area contributed by atoms with Crippen LogP contribution in [0, 0.1) is 11.3 Å². The van der Waals surface area contributed by atoms with Crippen molar-refractivity contribution in [2.75, 3.05) is 0 Å². The molecule has 29 heavy (non-hydrogen) atoms. The Kier molecular flexibility index (Phi) is 3.63. The van der Waals surface area contributed by atoms with E-state index in [9.17, 15) is 19.8 Å². The summed E-state index contributed by atoms with van der Waals surface area (Å²) in [5.41, 5.74) is 3.57. The fourth-order valence-electron chi connectivity index (χ4n) is 5.02. The second-order valence-electron chi connectivity index (χ2n) is 8.91. The first-order valence-electron chi connectivity index (χ1n) is 9.77. The van der Waals surface area contributed by atoms with Gasteiger partial charge in [-0.15, -0.1) is 0 Å². The highest BCUT2D eigenvalue weighted by Gasteiger charge is 2.50. The zero-order valence-electron chi connectivity index (χ0n) is 16.3. The monoisotopic (exact) mass is 387 g/mol. The molecular weight excluding hydrogens is 366 g/mol. The number of carbonyl (C=O) groups is 2. The van der Waals surface area contributed by atoms with E-state index >= 15 is 0 Å². The smallest absolute Gasteiger partial charge is 0.173 e. The first-order chi connectivity index (χ1) is 13.8. The lowest BCUT2D eigenvalue weighted by atomic mass is 9.66. The van der Waals surface area contributed by atoms with Gasteiger partial charge in [0.15, 0.2) is 11.6 Å². The van der Waals surface area contributed by atoms with Crippen LogP contribution in [0.5, 0.6) is 11.5 Å². The number of aromatic hydroxyl groups is 2. The van der Waals surface area contributed by atoms with Crippen LogP contribution >= 0.6 is 0 Å². The third-order valence-electron chi connectivity index (χ3n) is 6.19. The number of Topliss-reactive ketones (excluding diaryl/α,β-unsaturated/α-hetero) is 2. The number of aliphatic imine (C=N–C) groups is 1. The molecule has 5 heteroatoms. The molecule has 5 rings (SSSR count). The first kappa shape index (κ1) is 17.9. The Bertz CT molecular complexity index is 1160. The van der Waals surface area contributed by atoms with Crippen molar-refractivity contribution in [1.29, 1.82) is 0 Å². The second-order valence-corrected chi connectivity index (χ2v) is 8.91. The van der Waals surface area contributed by atoms with E-state index in [1.807, 2.05) is 32.0 Å². The van der Waals surface area contributed by atoms with Crippen LogP contribution in [0.4, 0.5) is 0 Å². The number of rotatable bonds is 1. The number of allylic oxidation sites excluding steroid dienone is 2. The van der Waals surface area contributed by atoms with Gasteiger partial charge in [-0.1, -0.05) is 44.2 Å². The molecule has 0 amide bonds. The van der Waals surface area contributed by atoms with Crippen LogP contribution in [0.3, 0.4) is 0 Å². The molecule has 0 radical (unpaired) electrons. The summed E-state index contributed by atoms with van der Waals surface area (Å²) in [6, 6.07) is 11.7. The molecule has 2 aromatic rings. The third-order valence-corrected chi connectivity index (χ3v) is 6.19. The second kappa shape index (κ2) is 5.89. The molecule has 0 aromatic heterocycles. The van der Waals surface area contributed by atoms with Crippen LogP contribution in [0.1, 0.15) is 54.1 Å². The van der Waals surface area contributed by atoms with Gasteiger partial charge >= 0.3 is 0 Å². The van der Waals surface area contributed by atoms with Gasteiger partial charge in [0.25, 0.3) is 0 Å². The Labute approximate surface area is 168 Å². The van der Waals surface area contributed by atoms with Crippen molar-refractivity contribution in [1.82, 2.24) is 0 Å². The molecule has 0 fully saturated rings. The number of hydrogen-bond donors (Lipinski definition) is 2. The number of nitrogens with zero attached hydrogens (tertiary/aromatic N) is 1. The van der Waals surface area contributed by atoms with Crippen molar-refractivity contribution in [2.45, 2.75) is 32.6 Å². The number of fused-ring (bicyclic) bond motifs is 3. The molecule has 0 saturated heterocycles. The molecule has 0 spiro atoms. The highest BCUT2D eigenvalue weighted by molar-refractivity contribution is 6.30. The fraction of sp³-hybridized carbons (Fsp3) is 0.292. The summed E-state index contributed by atoms with van der Waals surface area (Å²) in [7, 11) is 0. The maximum atomic E-state index is 13.4. The van der Waals surface area contributed by atoms with Gasteiger partial charge in [0.05, 0.1) is 11.6 Å². The molecule has 1 heterocycles. The minimum atomic E-state index is -0.647. The van der Waals surface area contributed by atoms with Gasteiger partial charge in [-0.25, -0.2) is 0 Å². The fourth-order valence-corrected chi connectivity index (χ4v) is 5.02. The van der Waals surface area contributed by atoms with Crippen molar-refractivity contribution in [3.05, 3.63) is 70.4 Å². The molecule has 2 aromatic carbocycles. The Morgan fingerprint density at radius 2 is 1.69 bits per heavy atom. The number of ketones is 2. The van der Waals surface area contributed by atoms with E-state index in [1.165, 1.54) is 12.1 Å². The standard InChI is InChI=1S/C24H21NO4/c1-24(2)10-16-20(18(28)11-24)19(15-8-7-12(26)9-17(15)27)21-22(25-16)13-5-3-4-6-14(13)23(21)29/h3-9,19,21,26-27H,10-11H2,1-2H3/t19-,21-/m1/s1. The van der Waals surface area contributed by atoms with Crippen molar-refractivity contribution in [3.8, 4) is 11.5 Å². The highest BCUT2D eigenvalue weighted by atomic mass is 16.3. The largest absolute Gasteiger partial charge is 0.508 e. The lowest BCUT2D eigenvalue weighted by Crippen LogP contribution is -2.37. The van der Waals surface area contributed by atoms with Gasteiger partial charge < -0.3 is 10.2 Å². The molecule has 0 saturated carbocycles. The summed E-state index contributed by atoms with van der Waals surface area (Å²) in [5, 5.41) is 20.3. The summed E-state index contributed by atoms with van der Waals surface area (Å²) in [5.74, 6) is -1.55. The van der Waals surface area contributed by atoms with Gasteiger partial charge in [0, 0.05) is 46.4 Å². The maximum absolute atomic E-state index is 13.4. The van der Waals surface area contributed by atoms with Crippen LogP contribution in [0.2, 0.25) is 0 Å². The number of phenols is 2. The third kappa shape index (κ3) is 2.57. The van der Waals surface area contributed by atoms with Crippen molar-refractivity contribution in [3.63, 3.8) is 0 Å². The molecule has 0 bridgehead atoms. The van der Waals surface area contributed by atoms with E-state index in [-0.39, 0.29) is 28.5 Å².